The van der Waals surface area contributed by atoms with Crippen LogP contribution in [0, 0.1) is 3.57 Å². The van der Waals surface area contributed by atoms with Gasteiger partial charge in [-0.2, -0.15) is 0 Å². The van der Waals surface area contributed by atoms with Gasteiger partial charge < -0.3 is 4.74 Å². The van der Waals surface area contributed by atoms with Crippen LogP contribution >= 0.6 is 34.4 Å². The summed E-state index contributed by atoms with van der Waals surface area (Å²) in [6.45, 7) is 5.70. The van der Waals surface area contributed by atoms with Gasteiger partial charge in [-0.1, -0.05) is 30.3 Å². The second kappa shape index (κ2) is 9.41. The SMILES string of the molecule is CCN=C1S/C(=C/c2ccccc2OCc2ccc(I)cc2)C(=O)N1CC. The molecule has 4 nitrogen and oxygen atoms in total. The van der Waals surface area contributed by atoms with Crippen LogP contribution in [-0.2, 0) is 11.4 Å². The Hall–Kier alpha value is -1.80. The Morgan fingerprint density at radius 2 is 1.89 bits per heavy atom. The number of carbonyl (C=O) groups is 1. The van der Waals surface area contributed by atoms with Crippen LogP contribution < -0.4 is 4.74 Å². The molecule has 3 rings (SSSR count). The van der Waals surface area contributed by atoms with Crippen molar-refractivity contribution in [1.29, 1.82) is 0 Å². The highest BCUT2D eigenvalue weighted by molar-refractivity contribution is 14.1. The molecule has 1 fully saturated rings. The lowest BCUT2D eigenvalue weighted by Crippen LogP contribution is -2.28. The van der Waals surface area contributed by atoms with Gasteiger partial charge in [-0.15, -0.1) is 0 Å². The van der Waals surface area contributed by atoms with Crippen molar-refractivity contribution in [2.75, 3.05) is 13.1 Å². The Kier molecular flexibility index (Phi) is 6.95. The molecule has 1 saturated heterocycles. The highest BCUT2D eigenvalue weighted by Gasteiger charge is 2.31. The summed E-state index contributed by atoms with van der Waals surface area (Å²) in [5.74, 6) is 0.767. The highest BCUT2D eigenvalue weighted by atomic mass is 127. The zero-order valence-electron chi connectivity index (χ0n) is 15.3. The van der Waals surface area contributed by atoms with Gasteiger partial charge >= 0.3 is 0 Å². The summed E-state index contributed by atoms with van der Waals surface area (Å²) >= 11 is 3.71. The van der Waals surface area contributed by atoms with Crippen LogP contribution in [0.5, 0.6) is 5.75 Å². The number of halogens is 1. The number of hydrogen-bond donors (Lipinski definition) is 0. The van der Waals surface area contributed by atoms with Crippen LogP contribution in [0.1, 0.15) is 25.0 Å². The van der Waals surface area contributed by atoms with E-state index in [2.05, 4.69) is 51.8 Å². The molecule has 27 heavy (non-hydrogen) atoms. The molecule has 0 N–H and O–H groups in total. The minimum absolute atomic E-state index is 0.00198. The molecule has 1 amide bonds. The molecule has 2 aromatic rings. The molecule has 0 bridgehead atoms. The van der Waals surface area contributed by atoms with Gasteiger partial charge in [0.15, 0.2) is 5.17 Å². The second-order valence-corrected chi connectivity index (χ2v) is 8.12. The number of para-hydroxylation sites is 1. The van der Waals surface area contributed by atoms with Gasteiger partial charge in [-0.25, -0.2) is 0 Å². The van der Waals surface area contributed by atoms with Crippen molar-refractivity contribution in [2.24, 2.45) is 4.99 Å². The molecule has 1 heterocycles. The molecule has 1 aliphatic heterocycles. The minimum atomic E-state index is 0.00198. The molecule has 6 heteroatoms. The van der Waals surface area contributed by atoms with Gasteiger partial charge in [0.1, 0.15) is 12.4 Å². The third kappa shape index (κ3) is 4.93. The fourth-order valence-corrected chi connectivity index (χ4v) is 4.11. The van der Waals surface area contributed by atoms with Crippen molar-refractivity contribution in [3.63, 3.8) is 0 Å². The summed E-state index contributed by atoms with van der Waals surface area (Å²) in [6, 6.07) is 16.0. The van der Waals surface area contributed by atoms with E-state index in [4.69, 9.17) is 4.74 Å². The van der Waals surface area contributed by atoms with E-state index < -0.39 is 0 Å². The van der Waals surface area contributed by atoms with E-state index in [1.54, 1.807) is 4.90 Å². The first-order valence-electron chi connectivity index (χ1n) is 8.84. The standard InChI is InChI=1S/C21H21IN2O2S/c1-3-23-21-24(4-2)20(25)19(27-21)13-16-7-5-6-8-18(16)26-14-15-9-11-17(22)12-10-15/h5-13H,3-4,14H2,1-2H3/b19-13+,23-21?. The number of nitrogens with zero attached hydrogens (tertiary/aromatic N) is 2. The van der Waals surface area contributed by atoms with Crippen LogP contribution in [-0.4, -0.2) is 29.1 Å². The van der Waals surface area contributed by atoms with Crippen molar-refractivity contribution < 1.29 is 9.53 Å². The molecule has 0 saturated carbocycles. The predicted molar refractivity (Wildman–Crippen MR) is 121 cm³/mol. The van der Waals surface area contributed by atoms with Gasteiger partial charge in [0.05, 0.1) is 4.91 Å². The van der Waals surface area contributed by atoms with E-state index in [9.17, 15) is 4.79 Å². The Labute approximate surface area is 177 Å². The van der Waals surface area contributed by atoms with E-state index in [0.717, 1.165) is 22.0 Å². The van der Waals surface area contributed by atoms with Gasteiger partial charge in [-0.3, -0.25) is 14.7 Å². The van der Waals surface area contributed by atoms with E-state index in [1.807, 2.05) is 44.2 Å². The molecule has 1 aliphatic rings. The van der Waals surface area contributed by atoms with Crippen LogP contribution in [0.2, 0.25) is 0 Å². The fraction of sp³-hybridized carbons (Fsp3) is 0.238. The first-order valence-corrected chi connectivity index (χ1v) is 10.7. The first-order chi connectivity index (χ1) is 13.1. The van der Waals surface area contributed by atoms with Crippen molar-refractivity contribution in [2.45, 2.75) is 20.5 Å². The molecule has 0 radical (unpaired) electrons. The number of amides is 1. The molecule has 0 spiro atoms. The van der Waals surface area contributed by atoms with Gasteiger partial charge in [0, 0.05) is 22.2 Å². The number of hydrogen-bond acceptors (Lipinski definition) is 4. The number of carbonyl (C=O) groups excluding carboxylic acids is 1. The van der Waals surface area contributed by atoms with E-state index in [0.29, 0.717) is 24.6 Å². The molecule has 0 aliphatic carbocycles. The van der Waals surface area contributed by atoms with Crippen LogP contribution in [0.15, 0.2) is 58.4 Å². The Balaban J connectivity index is 1.81. The summed E-state index contributed by atoms with van der Waals surface area (Å²) in [5, 5.41) is 0.772. The second-order valence-electron chi connectivity index (χ2n) is 5.87. The van der Waals surface area contributed by atoms with E-state index in [1.165, 1.54) is 15.3 Å². The smallest absolute Gasteiger partial charge is 0.266 e. The van der Waals surface area contributed by atoms with Gasteiger partial charge in [0.2, 0.25) is 0 Å². The summed E-state index contributed by atoms with van der Waals surface area (Å²) < 4.78 is 7.22. The van der Waals surface area contributed by atoms with Gasteiger partial charge in [0.25, 0.3) is 5.91 Å². The summed E-state index contributed by atoms with van der Waals surface area (Å²) in [4.78, 5) is 19.5. The maximum absolute atomic E-state index is 12.7. The Bertz CT molecular complexity index is 878. The lowest BCUT2D eigenvalue weighted by molar-refractivity contribution is -0.122. The maximum Gasteiger partial charge on any atom is 0.266 e. The predicted octanol–water partition coefficient (Wildman–Crippen LogP) is 5.18. The van der Waals surface area contributed by atoms with Gasteiger partial charge in [-0.05, 0) is 78.0 Å². The number of thioether (sulfide) groups is 1. The number of rotatable bonds is 6. The average Bonchev–Trinajstić information content (AvgIpc) is 2.97. The van der Waals surface area contributed by atoms with E-state index >= 15 is 0 Å². The maximum atomic E-state index is 12.7. The average molecular weight is 492 g/mol. The molecule has 0 aromatic heterocycles. The summed E-state index contributed by atoms with van der Waals surface area (Å²) in [5.41, 5.74) is 2.01. The number of aliphatic imine (C=N–C) groups is 1. The topological polar surface area (TPSA) is 41.9 Å². The number of benzene rings is 2. The lowest BCUT2D eigenvalue weighted by Gasteiger charge is -2.11. The third-order valence-corrected chi connectivity index (χ3v) is 5.77. The van der Waals surface area contributed by atoms with Crippen LogP contribution in [0.4, 0.5) is 0 Å². The number of ether oxygens (including phenoxy) is 1. The fourth-order valence-electron chi connectivity index (χ4n) is 2.65. The van der Waals surface area contributed by atoms with Crippen LogP contribution in [0.25, 0.3) is 6.08 Å². The molecular weight excluding hydrogens is 471 g/mol. The number of amidine groups is 1. The molecule has 140 valence electrons. The highest BCUT2D eigenvalue weighted by Crippen LogP contribution is 2.34. The molecule has 0 unspecified atom stereocenters. The third-order valence-electron chi connectivity index (χ3n) is 4.01. The normalized spacial score (nSPS) is 17.1. The summed E-state index contributed by atoms with van der Waals surface area (Å²) in [6.07, 6.45) is 1.90. The first kappa shape index (κ1) is 19.9. The largest absolute Gasteiger partial charge is 0.488 e. The zero-order chi connectivity index (χ0) is 19.2. The van der Waals surface area contributed by atoms with Crippen molar-refractivity contribution >= 4 is 51.5 Å². The molecule has 0 atom stereocenters. The Morgan fingerprint density at radius 1 is 1.15 bits per heavy atom. The van der Waals surface area contributed by atoms with Crippen LogP contribution in [0.3, 0.4) is 0 Å². The number of likely N-dealkylation sites (N-methyl/N-ethyl adjacent to an activating group) is 1. The van der Waals surface area contributed by atoms with E-state index in [-0.39, 0.29) is 5.91 Å². The quantitative estimate of drug-likeness (QED) is 0.412. The lowest BCUT2D eigenvalue weighted by atomic mass is 10.1. The zero-order valence-corrected chi connectivity index (χ0v) is 18.3. The Morgan fingerprint density at radius 3 is 2.59 bits per heavy atom. The van der Waals surface area contributed by atoms with Crippen molar-refractivity contribution in [1.82, 2.24) is 4.90 Å². The van der Waals surface area contributed by atoms with Crippen molar-refractivity contribution in [3.05, 3.63) is 68.1 Å². The monoisotopic (exact) mass is 492 g/mol. The molecular formula is C21H21IN2O2S. The van der Waals surface area contributed by atoms with Crippen molar-refractivity contribution in [3.8, 4) is 5.75 Å². The molecule has 2 aromatic carbocycles. The minimum Gasteiger partial charge on any atom is -0.488 e. The summed E-state index contributed by atoms with van der Waals surface area (Å²) in [7, 11) is 0.